The number of sulfonamides is 1. The van der Waals surface area contributed by atoms with Crippen molar-refractivity contribution < 1.29 is 18.3 Å². The monoisotopic (exact) mass is 335 g/mol. The Bertz CT molecular complexity index is 759. The highest BCUT2D eigenvalue weighted by atomic mass is 35.5. The van der Waals surface area contributed by atoms with Crippen LogP contribution in [0.25, 0.3) is 0 Å². The van der Waals surface area contributed by atoms with Crippen LogP contribution in [0.3, 0.4) is 0 Å². The van der Waals surface area contributed by atoms with Gasteiger partial charge in [0.25, 0.3) is 10.0 Å². The van der Waals surface area contributed by atoms with Gasteiger partial charge in [-0.15, -0.1) is 11.3 Å². The molecule has 0 unspecified atom stereocenters. The molecule has 7 nitrogen and oxygen atoms in total. The Morgan fingerprint density at radius 3 is 2.60 bits per heavy atom. The lowest BCUT2D eigenvalue weighted by molar-refractivity contribution is 0.0685. The molecule has 0 aliphatic rings. The van der Waals surface area contributed by atoms with Crippen LogP contribution in [0, 0.1) is 6.92 Å². The third-order valence-corrected chi connectivity index (χ3v) is 5.82. The summed E-state index contributed by atoms with van der Waals surface area (Å²) in [6, 6.07) is 2.58. The zero-order valence-electron chi connectivity index (χ0n) is 10.4. The summed E-state index contributed by atoms with van der Waals surface area (Å²) in [6.07, 6.45) is 0. The quantitative estimate of drug-likeness (QED) is 0.889. The topological polar surface area (TPSA) is 101 Å². The van der Waals surface area contributed by atoms with Gasteiger partial charge in [0.2, 0.25) is 0 Å². The van der Waals surface area contributed by atoms with Crippen molar-refractivity contribution in [3.8, 4) is 0 Å². The van der Waals surface area contributed by atoms with E-state index < -0.39 is 16.0 Å². The maximum absolute atomic E-state index is 12.1. The molecule has 0 fully saturated rings. The zero-order chi connectivity index (χ0) is 15.1. The van der Waals surface area contributed by atoms with Crippen molar-refractivity contribution >= 4 is 44.7 Å². The predicted octanol–water partition coefficient (Wildman–Crippen LogP) is 1.94. The van der Waals surface area contributed by atoms with Crippen LogP contribution in [0.1, 0.15) is 16.1 Å². The van der Waals surface area contributed by atoms with Crippen molar-refractivity contribution in [3.63, 3.8) is 0 Å². The van der Waals surface area contributed by atoms with Gasteiger partial charge in [-0.2, -0.15) is 5.10 Å². The lowest BCUT2D eigenvalue weighted by atomic mass is 10.4. The summed E-state index contributed by atoms with van der Waals surface area (Å²) in [5, 5.41) is 12.7. The fourth-order valence-electron chi connectivity index (χ4n) is 1.47. The van der Waals surface area contributed by atoms with E-state index in [9.17, 15) is 13.2 Å². The first kappa shape index (κ1) is 14.8. The lowest BCUT2D eigenvalue weighted by Gasteiger charge is -2.01. The average molecular weight is 336 g/mol. The fourth-order valence-corrected chi connectivity index (χ4v) is 4.16. The Balaban J connectivity index is 2.33. The van der Waals surface area contributed by atoms with Crippen LogP contribution in [0.4, 0.5) is 5.82 Å². The molecule has 2 N–H and O–H groups in total. The molecule has 108 valence electrons. The molecule has 0 bridgehead atoms. The highest BCUT2D eigenvalue weighted by molar-refractivity contribution is 7.94. The maximum atomic E-state index is 12.1. The number of aromatic nitrogens is 2. The average Bonchev–Trinajstić information content (AvgIpc) is 2.83. The Kier molecular flexibility index (Phi) is 3.76. The summed E-state index contributed by atoms with van der Waals surface area (Å²) < 4.78 is 27.9. The zero-order valence-corrected chi connectivity index (χ0v) is 12.8. The first-order chi connectivity index (χ1) is 9.20. The Labute approximate surface area is 123 Å². The number of hydrogen-bond donors (Lipinski definition) is 2. The van der Waals surface area contributed by atoms with Gasteiger partial charge in [0, 0.05) is 13.1 Å². The van der Waals surface area contributed by atoms with Crippen LogP contribution in [-0.2, 0) is 17.1 Å². The van der Waals surface area contributed by atoms with Gasteiger partial charge in [0.05, 0.1) is 4.34 Å². The molecular formula is C10H10ClN3O4S2. The van der Waals surface area contributed by atoms with Crippen LogP contribution < -0.4 is 4.72 Å². The van der Waals surface area contributed by atoms with E-state index in [0.29, 0.717) is 9.90 Å². The number of carboxylic acid groups (broad SMARTS) is 1. The molecule has 0 aliphatic carbocycles. The van der Waals surface area contributed by atoms with Gasteiger partial charge in [-0.3, -0.25) is 9.40 Å². The second kappa shape index (κ2) is 5.08. The second-order valence-corrected chi connectivity index (χ2v) is 7.53. The van der Waals surface area contributed by atoms with E-state index in [0.717, 1.165) is 22.1 Å². The van der Waals surface area contributed by atoms with Gasteiger partial charge < -0.3 is 5.11 Å². The SMILES string of the molecule is Cc1cc(S(=O)(=O)Nc2cc(C(=O)O)n(C)n2)sc1Cl. The van der Waals surface area contributed by atoms with Crippen molar-refractivity contribution in [3.05, 3.63) is 27.7 Å². The molecule has 0 radical (unpaired) electrons. The van der Waals surface area contributed by atoms with Crippen molar-refractivity contribution in [1.29, 1.82) is 0 Å². The first-order valence-corrected chi connectivity index (χ1v) is 7.94. The van der Waals surface area contributed by atoms with Crippen molar-refractivity contribution in [2.75, 3.05) is 4.72 Å². The van der Waals surface area contributed by atoms with Crippen LogP contribution >= 0.6 is 22.9 Å². The molecule has 0 aliphatic heterocycles. The molecule has 2 aromatic rings. The number of anilines is 1. The van der Waals surface area contributed by atoms with Crippen molar-refractivity contribution in [1.82, 2.24) is 9.78 Å². The highest BCUT2D eigenvalue weighted by Gasteiger charge is 2.21. The van der Waals surface area contributed by atoms with E-state index in [4.69, 9.17) is 16.7 Å². The smallest absolute Gasteiger partial charge is 0.354 e. The van der Waals surface area contributed by atoms with Crippen LogP contribution in [0.2, 0.25) is 4.34 Å². The molecule has 2 rings (SSSR count). The molecular weight excluding hydrogens is 326 g/mol. The third-order valence-electron chi connectivity index (χ3n) is 2.44. The molecule has 10 heteroatoms. The Hall–Kier alpha value is -1.58. The fraction of sp³-hybridized carbons (Fsp3) is 0.200. The van der Waals surface area contributed by atoms with Crippen LogP contribution in [0.5, 0.6) is 0 Å². The Morgan fingerprint density at radius 2 is 2.15 bits per heavy atom. The van der Waals surface area contributed by atoms with E-state index in [-0.39, 0.29) is 15.7 Å². The minimum atomic E-state index is -3.83. The standard InChI is InChI=1S/C10H10ClN3O4S2/c1-5-3-8(19-9(5)11)20(17,18)13-7-4-6(10(15)16)14(2)12-7/h3-4H,1-2H3,(H,12,13)(H,15,16). The summed E-state index contributed by atoms with van der Waals surface area (Å²) >= 11 is 6.76. The minimum Gasteiger partial charge on any atom is -0.477 e. The van der Waals surface area contributed by atoms with Crippen molar-refractivity contribution in [2.24, 2.45) is 7.05 Å². The molecule has 0 saturated carbocycles. The summed E-state index contributed by atoms with van der Waals surface area (Å²) in [6.45, 7) is 1.70. The summed E-state index contributed by atoms with van der Waals surface area (Å²) in [5.41, 5.74) is 0.535. The number of aryl methyl sites for hydroxylation is 2. The highest BCUT2D eigenvalue weighted by Crippen LogP contribution is 2.31. The van der Waals surface area contributed by atoms with E-state index in [2.05, 4.69) is 9.82 Å². The van der Waals surface area contributed by atoms with E-state index >= 15 is 0 Å². The first-order valence-electron chi connectivity index (χ1n) is 5.27. The lowest BCUT2D eigenvalue weighted by Crippen LogP contribution is -2.12. The van der Waals surface area contributed by atoms with Crippen LogP contribution in [-0.4, -0.2) is 29.3 Å². The van der Waals surface area contributed by atoms with Gasteiger partial charge in [0.1, 0.15) is 9.90 Å². The summed E-state index contributed by atoms with van der Waals surface area (Å²) in [5.74, 6) is -1.26. The largest absolute Gasteiger partial charge is 0.477 e. The number of aromatic carboxylic acids is 1. The molecule has 0 saturated heterocycles. The molecule has 0 spiro atoms. The Morgan fingerprint density at radius 1 is 1.50 bits per heavy atom. The van der Waals surface area contributed by atoms with E-state index in [1.165, 1.54) is 13.1 Å². The molecule has 0 amide bonds. The number of rotatable bonds is 4. The van der Waals surface area contributed by atoms with E-state index in [1.807, 2.05) is 0 Å². The summed E-state index contributed by atoms with van der Waals surface area (Å²) in [7, 11) is -2.42. The minimum absolute atomic E-state index is 0.0440. The number of nitrogens with one attached hydrogen (secondary N) is 1. The van der Waals surface area contributed by atoms with Gasteiger partial charge >= 0.3 is 5.97 Å². The number of nitrogens with zero attached hydrogens (tertiary/aromatic N) is 2. The number of carbonyl (C=O) groups is 1. The molecule has 20 heavy (non-hydrogen) atoms. The normalized spacial score (nSPS) is 11.6. The number of carboxylic acids is 1. The maximum Gasteiger partial charge on any atom is 0.354 e. The van der Waals surface area contributed by atoms with Gasteiger partial charge in [-0.25, -0.2) is 13.2 Å². The molecule has 0 atom stereocenters. The van der Waals surface area contributed by atoms with Gasteiger partial charge in [-0.05, 0) is 18.6 Å². The molecule has 2 aromatic heterocycles. The van der Waals surface area contributed by atoms with Gasteiger partial charge in [0.15, 0.2) is 5.82 Å². The number of halogens is 1. The van der Waals surface area contributed by atoms with Crippen LogP contribution in [0.15, 0.2) is 16.3 Å². The second-order valence-electron chi connectivity index (χ2n) is 3.97. The predicted molar refractivity (Wildman–Crippen MR) is 75.0 cm³/mol. The number of thiophene rings is 1. The molecule has 2 heterocycles. The summed E-state index contributed by atoms with van der Waals surface area (Å²) in [4.78, 5) is 10.9. The third kappa shape index (κ3) is 2.79. The number of hydrogen-bond acceptors (Lipinski definition) is 5. The van der Waals surface area contributed by atoms with Gasteiger partial charge in [-0.1, -0.05) is 11.6 Å². The molecule has 0 aromatic carbocycles. The van der Waals surface area contributed by atoms with Crippen molar-refractivity contribution in [2.45, 2.75) is 11.1 Å². The van der Waals surface area contributed by atoms with E-state index in [1.54, 1.807) is 6.92 Å².